The van der Waals surface area contributed by atoms with E-state index in [0.717, 1.165) is 16.2 Å². The van der Waals surface area contributed by atoms with Crippen LogP contribution in [0.5, 0.6) is 5.75 Å². The van der Waals surface area contributed by atoms with Gasteiger partial charge in [0.1, 0.15) is 11.7 Å². The van der Waals surface area contributed by atoms with Crippen molar-refractivity contribution in [1.29, 1.82) is 0 Å². The van der Waals surface area contributed by atoms with Gasteiger partial charge in [0.05, 0.1) is 4.90 Å². The average molecular weight is 217 g/mol. The maximum absolute atomic E-state index is 5.31. The van der Waals surface area contributed by atoms with Crippen LogP contribution >= 0.6 is 27.7 Å². The molecule has 0 fully saturated rings. The lowest BCUT2D eigenvalue weighted by Crippen LogP contribution is -1.81. The van der Waals surface area contributed by atoms with Gasteiger partial charge in [0.15, 0.2) is 0 Å². The van der Waals surface area contributed by atoms with Crippen LogP contribution in [0.4, 0.5) is 0 Å². The van der Waals surface area contributed by atoms with E-state index in [1.165, 1.54) is 4.90 Å². The van der Waals surface area contributed by atoms with E-state index in [0.29, 0.717) is 0 Å². The van der Waals surface area contributed by atoms with Crippen LogP contribution in [0, 0.1) is 0 Å². The molecule has 0 saturated heterocycles. The summed E-state index contributed by atoms with van der Waals surface area (Å²) in [5.74, 6) is 1.76. The quantitative estimate of drug-likeness (QED) is 0.660. The third-order valence-electron chi connectivity index (χ3n) is 1.33. The first-order valence-corrected chi connectivity index (χ1v) is 4.69. The zero-order chi connectivity index (χ0) is 6.97. The minimum Gasteiger partial charge on any atom is -0.481 e. The van der Waals surface area contributed by atoms with Gasteiger partial charge < -0.3 is 4.74 Å². The molecule has 2 rings (SSSR count). The van der Waals surface area contributed by atoms with Gasteiger partial charge in [0.2, 0.25) is 0 Å². The largest absolute Gasteiger partial charge is 0.481 e. The number of halogens is 1. The fourth-order valence-electron chi connectivity index (χ4n) is 0.870. The maximum atomic E-state index is 5.31. The van der Waals surface area contributed by atoms with Crippen molar-refractivity contribution in [2.45, 2.75) is 4.90 Å². The van der Waals surface area contributed by atoms with Crippen LogP contribution < -0.4 is 4.74 Å². The van der Waals surface area contributed by atoms with Gasteiger partial charge in [-0.3, -0.25) is 0 Å². The summed E-state index contributed by atoms with van der Waals surface area (Å²) in [5.41, 5.74) is 0. The molecule has 1 nitrogen and oxygen atoms in total. The van der Waals surface area contributed by atoms with Crippen molar-refractivity contribution in [2.24, 2.45) is 0 Å². The number of rotatable bonds is 0. The minimum atomic E-state index is 0.756. The molecule has 1 aliphatic rings. The topological polar surface area (TPSA) is 9.23 Å². The fourth-order valence-corrected chi connectivity index (χ4v) is 1.95. The summed E-state index contributed by atoms with van der Waals surface area (Å²) in [6.45, 7) is 0. The van der Waals surface area contributed by atoms with Gasteiger partial charge in [-0.25, -0.2) is 0 Å². The zero-order valence-corrected chi connectivity index (χ0v) is 7.54. The van der Waals surface area contributed by atoms with E-state index in [-0.39, 0.29) is 0 Å². The molecule has 0 amide bonds. The van der Waals surface area contributed by atoms with Crippen LogP contribution in [0.3, 0.4) is 0 Å². The maximum Gasteiger partial charge on any atom is 0.138 e. The van der Waals surface area contributed by atoms with Crippen LogP contribution in [-0.4, -0.2) is 5.94 Å². The smallest absolute Gasteiger partial charge is 0.138 e. The molecule has 0 radical (unpaired) electrons. The van der Waals surface area contributed by atoms with E-state index in [1.54, 1.807) is 11.8 Å². The van der Waals surface area contributed by atoms with Crippen molar-refractivity contribution in [3.8, 4) is 5.75 Å². The van der Waals surface area contributed by atoms with Crippen molar-refractivity contribution in [1.82, 2.24) is 0 Å². The lowest BCUT2D eigenvalue weighted by molar-refractivity contribution is 0.397. The van der Waals surface area contributed by atoms with Crippen LogP contribution in [0.25, 0.3) is 0 Å². The molecule has 0 unspecified atom stereocenters. The van der Waals surface area contributed by atoms with E-state index in [2.05, 4.69) is 22.0 Å². The van der Waals surface area contributed by atoms with Gasteiger partial charge in [0, 0.05) is 4.47 Å². The van der Waals surface area contributed by atoms with E-state index >= 15 is 0 Å². The molecule has 1 heterocycles. The Kier molecular flexibility index (Phi) is 1.62. The van der Waals surface area contributed by atoms with Gasteiger partial charge in [-0.15, -0.1) is 0 Å². The van der Waals surface area contributed by atoms with E-state index < -0.39 is 0 Å². The van der Waals surface area contributed by atoms with E-state index in [4.69, 9.17) is 4.74 Å². The third-order valence-corrected chi connectivity index (χ3v) is 2.71. The number of ether oxygens (including phenoxy) is 1. The third kappa shape index (κ3) is 1.04. The van der Waals surface area contributed by atoms with Gasteiger partial charge >= 0.3 is 0 Å². The molecule has 52 valence electrons. The number of benzene rings is 1. The number of thioether (sulfide) groups is 1. The predicted octanol–water partition coefficient (Wildman–Crippen LogP) is 2.89. The SMILES string of the molecule is Brc1ccc2c(c1)OCS2. The summed E-state index contributed by atoms with van der Waals surface area (Å²) in [7, 11) is 0. The number of hydrogen-bond acceptors (Lipinski definition) is 2. The molecule has 10 heavy (non-hydrogen) atoms. The standard InChI is InChI=1S/C7H5BrOS/c8-5-1-2-7-6(3-5)9-4-10-7/h1-3H,4H2. The molecule has 1 aromatic rings. The first-order valence-electron chi connectivity index (χ1n) is 2.91. The molecule has 1 aliphatic heterocycles. The Labute approximate surface area is 71.9 Å². The first-order chi connectivity index (χ1) is 4.86. The molecule has 3 heteroatoms. The van der Waals surface area contributed by atoms with Gasteiger partial charge in [-0.05, 0) is 18.2 Å². The van der Waals surface area contributed by atoms with Crippen LogP contribution in [-0.2, 0) is 0 Å². The number of fused-ring (bicyclic) bond motifs is 1. The van der Waals surface area contributed by atoms with Crippen molar-refractivity contribution < 1.29 is 4.74 Å². The summed E-state index contributed by atoms with van der Waals surface area (Å²) >= 11 is 5.11. The second-order valence-corrected chi connectivity index (χ2v) is 3.88. The Balaban J connectivity index is 2.52. The lowest BCUT2D eigenvalue weighted by Gasteiger charge is -1.95. The fraction of sp³-hybridized carbons (Fsp3) is 0.143. The minimum absolute atomic E-state index is 0.756. The second kappa shape index (κ2) is 2.47. The van der Waals surface area contributed by atoms with Crippen LogP contribution in [0.15, 0.2) is 27.6 Å². The molecule has 1 aromatic carbocycles. The summed E-state index contributed by atoms with van der Waals surface area (Å²) < 4.78 is 6.39. The summed E-state index contributed by atoms with van der Waals surface area (Å²) in [5, 5.41) is 0. The zero-order valence-electron chi connectivity index (χ0n) is 5.13. The predicted molar refractivity (Wildman–Crippen MR) is 45.5 cm³/mol. The van der Waals surface area contributed by atoms with Gasteiger partial charge in [0.25, 0.3) is 0 Å². The molecular formula is C7H5BrOS. The van der Waals surface area contributed by atoms with Crippen molar-refractivity contribution in [3.63, 3.8) is 0 Å². The molecular weight excluding hydrogens is 212 g/mol. The monoisotopic (exact) mass is 216 g/mol. The Bertz CT molecular complexity index is 262. The first kappa shape index (κ1) is 6.55. The molecule has 0 aliphatic carbocycles. The Morgan fingerprint density at radius 1 is 1.50 bits per heavy atom. The van der Waals surface area contributed by atoms with Crippen molar-refractivity contribution in [3.05, 3.63) is 22.7 Å². The average Bonchev–Trinajstić information content (AvgIpc) is 2.33. The molecule has 0 N–H and O–H groups in total. The Morgan fingerprint density at radius 3 is 3.30 bits per heavy atom. The van der Waals surface area contributed by atoms with Crippen molar-refractivity contribution in [2.75, 3.05) is 5.94 Å². The summed E-state index contributed by atoms with van der Waals surface area (Å²) in [6, 6.07) is 6.09. The summed E-state index contributed by atoms with van der Waals surface area (Å²) in [6.07, 6.45) is 0. The van der Waals surface area contributed by atoms with Crippen LogP contribution in [0.2, 0.25) is 0 Å². The highest BCUT2D eigenvalue weighted by molar-refractivity contribution is 9.10. The molecule has 0 bridgehead atoms. The Morgan fingerprint density at radius 2 is 2.40 bits per heavy atom. The second-order valence-electron chi connectivity index (χ2n) is 2.00. The van der Waals surface area contributed by atoms with Gasteiger partial charge in [-0.2, -0.15) is 0 Å². The highest BCUT2D eigenvalue weighted by Gasteiger charge is 2.11. The molecule has 0 saturated carbocycles. The van der Waals surface area contributed by atoms with E-state index in [1.807, 2.05) is 12.1 Å². The number of hydrogen-bond donors (Lipinski definition) is 0. The van der Waals surface area contributed by atoms with Crippen LogP contribution in [0.1, 0.15) is 0 Å². The lowest BCUT2D eigenvalue weighted by atomic mass is 10.3. The van der Waals surface area contributed by atoms with Gasteiger partial charge in [-0.1, -0.05) is 27.7 Å². The molecule has 0 atom stereocenters. The normalized spacial score (nSPS) is 14.5. The molecule has 0 spiro atoms. The highest BCUT2D eigenvalue weighted by Crippen LogP contribution is 2.37. The highest BCUT2D eigenvalue weighted by atomic mass is 79.9. The van der Waals surface area contributed by atoms with Crippen molar-refractivity contribution >= 4 is 27.7 Å². The van der Waals surface area contributed by atoms with E-state index in [9.17, 15) is 0 Å². The Hall–Kier alpha value is -0.150. The molecule has 0 aromatic heterocycles. The summed E-state index contributed by atoms with van der Waals surface area (Å²) in [4.78, 5) is 1.24.